The average Bonchev–Trinajstić information content (AvgIpc) is 2.31. The predicted molar refractivity (Wildman–Crippen MR) is 48.9 cm³/mol. The minimum absolute atomic E-state index is 0.301. The maximum absolute atomic E-state index is 10.3. The van der Waals surface area contributed by atoms with E-state index in [0.29, 0.717) is 11.7 Å². The molecule has 0 saturated heterocycles. The molecule has 0 saturated carbocycles. The van der Waals surface area contributed by atoms with E-state index in [1.54, 1.807) is 13.1 Å². The van der Waals surface area contributed by atoms with Gasteiger partial charge in [0, 0.05) is 13.1 Å². The van der Waals surface area contributed by atoms with E-state index in [2.05, 4.69) is 10.4 Å². The third kappa shape index (κ3) is 2.21. The van der Waals surface area contributed by atoms with Gasteiger partial charge in [0.2, 0.25) is 0 Å². The van der Waals surface area contributed by atoms with E-state index < -0.39 is 6.09 Å². The zero-order valence-corrected chi connectivity index (χ0v) is 7.90. The van der Waals surface area contributed by atoms with Crippen molar-refractivity contribution in [2.45, 2.75) is 19.8 Å². The van der Waals surface area contributed by atoms with Gasteiger partial charge in [-0.1, -0.05) is 13.8 Å². The largest absolute Gasteiger partial charge is 0.465 e. The summed E-state index contributed by atoms with van der Waals surface area (Å²) in [5, 5.41) is 14.9. The number of nitrogens with zero attached hydrogens (tertiary/aromatic N) is 2. The third-order valence-corrected chi connectivity index (χ3v) is 1.73. The SMILES string of the molecule is CC(C)c1cc(NC(=O)O)n(C)n1. The summed E-state index contributed by atoms with van der Waals surface area (Å²) in [5.74, 6) is 0.798. The Balaban J connectivity index is 2.89. The van der Waals surface area contributed by atoms with Crippen LogP contribution in [0.5, 0.6) is 0 Å². The van der Waals surface area contributed by atoms with Gasteiger partial charge in [0.25, 0.3) is 0 Å². The standard InChI is InChI=1S/C8H13N3O2/c1-5(2)6-4-7(9-8(12)13)11(3)10-6/h4-5,9H,1-3H3,(H,12,13). The van der Waals surface area contributed by atoms with Gasteiger partial charge >= 0.3 is 6.09 Å². The molecule has 1 amide bonds. The maximum Gasteiger partial charge on any atom is 0.410 e. The van der Waals surface area contributed by atoms with Crippen LogP contribution < -0.4 is 5.32 Å². The first-order chi connectivity index (χ1) is 6.00. The minimum atomic E-state index is -1.07. The number of aromatic nitrogens is 2. The van der Waals surface area contributed by atoms with Gasteiger partial charge in [-0.3, -0.25) is 10.00 Å². The first-order valence-corrected chi connectivity index (χ1v) is 4.04. The molecule has 72 valence electrons. The van der Waals surface area contributed by atoms with Crippen LogP contribution in [0.2, 0.25) is 0 Å². The lowest BCUT2D eigenvalue weighted by Gasteiger charge is -1.98. The first kappa shape index (κ1) is 9.57. The number of amides is 1. The van der Waals surface area contributed by atoms with E-state index in [1.807, 2.05) is 13.8 Å². The normalized spacial score (nSPS) is 10.5. The first-order valence-electron chi connectivity index (χ1n) is 4.04. The number of nitrogens with one attached hydrogen (secondary N) is 1. The Hall–Kier alpha value is -1.52. The highest BCUT2D eigenvalue weighted by Gasteiger charge is 2.09. The molecule has 0 aliphatic carbocycles. The third-order valence-electron chi connectivity index (χ3n) is 1.73. The summed E-state index contributed by atoms with van der Waals surface area (Å²) in [6, 6.07) is 1.73. The highest BCUT2D eigenvalue weighted by molar-refractivity contribution is 5.81. The Morgan fingerprint density at radius 1 is 1.69 bits per heavy atom. The molecular formula is C8H13N3O2. The predicted octanol–water partition coefficient (Wildman–Crippen LogP) is 1.63. The monoisotopic (exact) mass is 183 g/mol. The molecule has 0 fully saturated rings. The molecule has 5 nitrogen and oxygen atoms in total. The second kappa shape index (κ2) is 3.47. The molecule has 1 aromatic rings. The van der Waals surface area contributed by atoms with Crippen molar-refractivity contribution in [1.29, 1.82) is 0 Å². The van der Waals surface area contributed by atoms with Crippen LogP contribution in [-0.4, -0.2) is 21.0 Å². The Morgan fingerprint density at radius 2 is 2.31 bits per heavy atom. The highest BCUT2D eigenvalue weighted by Crippen LogP contribution is 2.16. The lowest BCUT2D eigenvalue weighted by atomic mass is 10.1. The summed E-state index contributed by atoms with van der Waals surface area (Å²) < 4.78 is 1.52. The lowest BCUT2D eigenvalue weighted by Crippen LogP contribution is -2.10. The minimum Gasteiger partial charge on any atom is -0.465 e. The van der Waals surface area contributed by atoms with E-state index in [1.165, 1.54) is 4.68 Å². The summed E-state index contributed by atoms with van der Waals surface area (Å²) in [4.78, 5) is 10.3. The fraction of sp³-hybridized carbons (Fsp3) is 0.500. The fourth-order valence-electron chi connectivity index (χ4n) is 0.998. The Labute approximate surface area is 76.4 Å². The van der Waals surface area contributed by atoms with Crippen LogP contribution in [0, 0.1) is 0 Å². The maximum atomic E-state index is 10.3. The van der Waals surface area contributed by atoms with E-state index in [-0.39, 0.29) is 0 Å². The van der Waals surface area contributed by atoms with Crippen molar-refractivity contribution in [1.82, 2.24) is 9.78 Å². The van der Waals surface area contributed by atoms with Crippen molar-refractivity contribution in [3.63, 3.8) is 0 Å². The van der Waals surface area contributed by atoms with Crippen LogP contribution >= 0.6 is 0 Å². The molecule has 0 aliphatic rings. The van der Waals surface area contributed by atoms with Crippen LogP contribution in [0.4, 0.5) is 10.6 Å². The van der Waals surface area contributed by atoms with Crippen LogP contribution in [-0.2, 0) is 7.05 Å². The molecule has 0 bridgehead atoms. The van der Waals surface area contributed by atoms with Crippen molar-refractivity contribution in [2.75, 3.05) is 5.32 Å². The van der Waals surface area contributed by atoms with Crippen molar-refractivity contribution in [3.8, 4) is 0 Å². The molecule has 2 N–H and O–H groups in total. The van der Waals surface area contributed by atoms with E-state index in [0.717, 1.165) is 5.69 Å². The molecule has 0 unspecified atom stereocenters. The van der Waals surface area contributed by atoms with Crippen molar-refractivity contribution in [3.05, 3.63) is 11.8 Å². The summed E-state index contributed by atoms with van der Waals surface area (Å²) in [6.07, 6.45) is -1.07. The molecular weight excluding hydrogens is 170 g/mol. The topological polar surface area (TPSA) is 67.2 Å². The number of hydrogen-bond donors (Lipinski definition) is 2. The molecule has 0 radical (unpaired) electrons. The van der Waals surface area contributed by atoms with Crippen molar-refractivity contribution >= 4 is 11.9 Å². The fourth-order valence-corrected chi connectivity index (χ4v) is 0.998. The zero-order chi connectivity index (χ0) is 10.0. The molecule has 1 aromatic heterocycles. The summed E-state index contributed by atoms with van der Waals surface area (Å²) in [6.45, 7) is 4.01. The van der Waals surface area contributed by atoms with Crippen LogP contribution in [0.25, 0.3) is 0 Å². The van der Waals surface area contributed by atoms with Crippen molar-refractivity contribution in [2.24, 2.45) is 7.05 Å². The molecule has 1 rings (SSSR count). The molecule has 1 heterocycles. The molecule has 13 heavy (non-hydrogen) atoms. The van der Waals surface area contributed by atoms with Gasteiger partial charge in [-0.05, 0) is 5.92 Å². The second-order valence-corrected chi connectivity index (χ2v) is 3.16. The quantitative estimate of drug-likeness (QED) is 0.732. The number of aryl methyl sites for hydroxylation is 1. The van der Waals surface area contributed by atoms with Gasteiger partial charge in [0.05, 0.1) is 5.69 Å². The average molecular weight is 183 g/mol. The van der Waals surface area contributed by atoms with E-state index >= 15 is 0 Å². The summed E-state index contributed by atoms with van der Waals surface area (Å²) in [5.41, 5.74) is 0.881. The van der Waals surface area contributed by atoms with Crippen LogP contribution in [0.3, 0.4) is 0 Å². The van der Waals surface area contributed by atoms with Gasteiger partial charge in [-0.2, -0.15) is 5.10 Å². The van der Waals surface area contributed by atoms with Gasteiger partial charge in [0.15, 0.2) is 0 Å². The van der Waals surface area contributed by atoms with Gasteiger partial charge < -0.3 is 5.11 Å². The number of carboxylic acid groups (broad SMARTS) is 1. The second-order valence-electron chi connectivity index (χ2n) is 3.16. The molecule has 0 spiro atoms. The van der Waals surface area contributed by atoms with E-state index in [9.17, 15) is 4.79 Å². The van der Waals surface area contributed by atoms with Crippen LogP contribution in [0.1, 0.15) is 25.5 Å². The van der Waals surface area contributed by atoms with Crippen molar-refractivity contribution < 1.29 is 9.90 Å². The van der Waals surface area contributed by atoms with Gasteiger partial charge in [-0.15, -0.1) is 0 Å². The van der Waals surface area contributed by atoms with Gasteiger partial charge in [-0.25, -0.2) is 4.79 Å². The highest BCUT2D eigenvalue weighted by atomic mass is 16.4. The number of rotatable bonds is 2. The Bertz CT molecular complexity index is 317. The Morgan fingerprint density at radius 3 is 2.69 bits per heavy atom. The molecule has 0 aliphatic heterocycles. The summed E-state index contributed by atoms with van der Waals surface area (Å²) in [7, 11) is 1.71. The van der Waals surface area contributed by atoms with Gasteiger partial charge in [0.1, 0.15) is 5.82 Å². The Kier molecular flexibility index (Phi) is 2.55. The summed E-state index contributed by atoms with van der Waals surface area (Å²) >= 11 is 0. The zero-order valence-electron chi connectivity index (χ0n) is 7.90. The molecule has 5 heteroatoms. The smallest absolute Gasteiger partial charge is 0.410 e. The van der Waals surface area contributed by atoms with Crippen LogP contribution in [0.15, 0.2) is 6.07 Å². The van der Waals surface area contributed by atoms with E-state index in [4.69, 9.17) is 5.11 Å². The molecule has 0 aromatic carbocycles. The molecule has 0 atom stereocenters. The number of hydrogen-bond acceptors (Lipinski definition) is 2. The number of anilines is 1. The number of carbonyl (C=O) groups is 1. The lowest BCUT2D eigenvalue weighted by molar-refractivity contribution is 0.209.